The maximum atomic E-state index is 14.2. The van der Waals surface area contributed by atoms with E-state index < -0.39 is 44.5 Å². The van der Waals surface area contributed by atoms with E-state index in [-0.39, 0.29) is 47.8 Å². The maximum absolute atomic E-state index is 14.2. The Labute approximate surface area is 227 Å². The first kappa shape index (κ1) is 28.4. The average Bonchev–Trinajstić information content (AvgIpc) is 2.87. The summed E-state index contributed by atoms with van der Waals surface area (Å²) < 4.78 is 88.3. The Bertz CT molecular complexity index is 1500. The fourth-order valence-electron chi connectivity index (χ4n) is 4.10. The predicted octanol–water partition coefficient (Wildman–Crippen LogP) is 6.88. The monoisotopic (exact) mass is 583 g/mol. The van der Waals surface area contributed by atoms with Gasteiger partial charge in [0.05, 0.1) is 27.7 Å². The molecule has 3 aromatic rings. The van der Waals surface area contributed by atoms with Crippen molar-refractivity contribution in [3.63, 3.8) is 0 Å². The first-order valence-electron chi connectivity index (χ1n) is 11.7. The van der Waals surface area contributed by atoms with E-state index >= 15 is 0 Å². The van der Waals surface area contributed by atoms with Crippen molar-refractivity contribution < 1.29 is 40.6 Å². The van der Waals surface area contributed by atoms with Crippen molar-refractivity contribution in [2.75, 3.05) is 10.8 Å². The molecule has 0 aliphatic carbocycles. The molecule has 0 spiro atoms. The molecule has 3 aromatic carbocycles. The van der Waals surface area contributed by atoms with Crippen LogP contribution in [-0.2, 0) is 21.0 Å². The van der Waals surface area contributed by atoms with Gasteiger partial charge in [-0.15, -0.1) is 0 Å². The molecule has 0 amide bonds. The zero-order chi connectivity index (χ0) is 28.4. The Morgan fingerprint density at radius 3 is 2.54 bits per heavy atom. The van der Waals surface area contributed by atoms with Crippen molar-refractivity contribution >= 4 is 45.4 Å². The first-order valence-corrected chi connectivity index (χ1v) is 13.5. The van der Waals surface area contributed by atoms with Crippen LogP contribution in [0.4, 0.5) is 23.2 Å². The van der Waals surface area contributed by atoms with Crippen LogP contribution < -0.4 is 9.04 Å². The lowest BCUT2D eigenvalue weighted by atomic mass is 10.1. The van der Waals surface area contributed by atoms with Crippen molar-refractivity contribution in [2.45, 2.75) is 36.4 Å². The molecule has 0 saturated carbocycles. The van der Waals surface area contributed by atoms with Gasteiger partial charge in [-0.25, -0.2) is 12.8 Å². The van der Waals surface area contributed by atoms with Gasteiger partial charge in [0.25, 0.3) is 10.0 Å². The minimum absolute atomic E-state index is 0.0728. The van der Waals surface area contributed by atoms with Crippen LogP contribution >= 0.6 is 11.6 Å². The van der Waals surface area contributed by atoms with Crippen molar-refractivity contribution in [1.82, 2.24) is 0 Å². The number of aliphatic carboxylic acids is 1. The van der Waals surface area contributed by atoms with Crippen LogP contribution in [-0.4, -0.2) is 32.1 Å². The normalized spacial score (nSPS) is 15.7. The molecule has 1 N–H and O–H groups in total. The molecule has 39 heavy (non-hydrogen) atoms. The number of carboxylic acids is 1. The highest BCUT2D eigenvalue weighted by atomic mass is 35.5. The molecule has 0 unspecified atom stereocenters. The maximum Gasteiger partial charge on any atom is 0.416 e. The van der Waals surface area contributed by atoms with Crippen LogP contribution in [0.3, 0.4) is 0 Å². The van der Waals surface area contributed by atoms with Crippen LogP contribution in [0.5, 0.6) is 5.75 Å². The second-order valence-electron chi connectivity index (χ2n) is 8.78. The minimum Gasteiger partial charge on any atom is -0.486 e. The molecule has 0 aromatic heterocycles. The lowest BCUT2D eigenvalue weighted by Crippen LogP contribution is -2.43. The highest BCUT2D eigenvalue weighted by molar-refractivity contribution is 7.92. The Hall–Kier alpha value is -3.57. The molecular weight excluding hydrogens is 562 g/mol. The molecule has 1 aliphatic rings. The first-order chi connectivity index (χ1) is 18.4. The molecule has 1 aliphatic heterocycles. The van der Waals surface area contributed by atoms with E-state index in [1.54, 1.807) is 6.07 Å². The molecule has 0 radical (unpaired) electrons. The molecule has 1 heterocycles. The van der Waals surface area contributed by atoms with E-state index in [1.165, 1.54) is 42.5 Å². The van der Waals surface area contributed by atoms with Crippen molar-refractivity contribution in [3.8, 4) is 5.75 Å². The van der Waals surface area contributed by atoms with Gasteiger partial charge < -0.3 is 9.84 Å². The third-order valence-corrected chi connectivity index (χ3v) is 8.13. The average molecular weight is 584 g/mol. The van der Waals surface area contributed by atoms with E-state index in [1.807, 2.05) is 0 Å². The third kappa shape index (κ3) is 6.54. The Balaban J connectivity index is 1.74. The molecule has 12 heteroatoms. The topological polar surface area (TPSA) is 83.9 Å². The van der Waals surface area contributed by atoms with E-state index in [0.29, 0.717) is 11.6 Å². The van der Waals surface area contributed by atoms with E-state index in [0.717, 1.165) is 22.5 Å². The summed E-state index contributed by atoms with van der Waals surface area (Å²) >= 11 is 6.07. The number of hydrogen-bond acceptors (Lipinski definition) is 4. The number of anilines is 1. The summed E-state index contributed by atoms with van der Waals surface area (Å²) in [6.45, 7) is -0.252. The summed E-state index contributed by atoms with van der Waals surface area (Å²) in [7, 11) is -4.50. The number of carbonyl (C=O) groups is 1. The van der Waals surface area contributed by atoms with Crippen LogP contribution in [0.25, 0.3) is 12.2 Å². The van der Waals surface area contributed by atoms with Gasteiger partial charge >= 0.3 is 12.1 Å². The highest BCUT2D eigenvalue weighted by Crippen LogP contribution is 2.40. The number of hydrogen-bond donors (Lipinski definition) is 1. The number of benzene rings is 3. The smallest absolute Gasteiger partial charge is 0.416 e. The second kappa shape index (κ2) is 11.3. The lowest BCUT2D eigenvalue weighted by molar-refractivity contribution is -0.138. The van der Waals surface area contributed by atoms with Crippen LogP contribution in [0, 0.1) is 5.82 Å². The number of alkyl halides is 3. The zero-order valence-electron chi connectivity index (χ0n) is 20.2. The van der Waals surface area contributed by atoms with Gasteiger partial charge in [0.2, 0.25) is 0 Å². The largest absolute Gasteiger partial charge is 0.486 e. The Kier molecular flexibility index (Phi) is 8.22. The number of halogens is 5. The van der Waals surface area contributed by atoms with Gasteiger partial charge in [0.15, 0.2) is 0 Å². The summed E-state index contributed by atoms with van der Waals surface area (Å²) in [5.74, 6) is -1.43. The summed E-state index contributed by atoms with van der Waals surface area (Å²) in [5.41, 5.74) is -0.470. The number of fused-ring (bicyclic) bond motifs is 1. The highest BCUT2D eigenvalue weighted by Gasteiger charge is 2.37. The third-order valence-electron chi connectivity index (χ3n) is 6.02. The van der Waals surface area contributed by atoms with Crippen molar-refractivity contribution in [3.05, 3.63) is 88.2 Å². The van der Waals surface area contributed by atoms with Crippen LogP contribution in [0.1, 0.15) is 36.0 Å². The van der Waals surface area contributed by atoms with E-state index in [4.69, 9.17) is 21.4 Å². The fraction of sp³-hybridized carbons (Fsp3) is 0.222. The number of ether oxygens (including phenoxy) is 1. The van der Waals surface area contributed by atoms with Crippen LogP contribution in [0.15, 0.2) is 65.6 Å². The number of rotatable bonds is 8. The molecule has 0 saturated heterocycles. The van der Waals surface area contributed by atoms with Gasteiger partial charge in [0.1, 0.15) is 17.7 Å². The standard InChI is InChI=1S/C27H22ClF4NO5S/c28-22-7-3-8-23(29)21(22)12-10-17-11-13-25-24(14-17)33(16-19(38-25)5-2-9-26(34)35)39(36,37)20-6-1-4-18(15-20)27(30,31)32/h1,3-4,6-8,10-15,19H,2,5,9,16H2,(H,34,35)/b12-10+/t19-/m0/s1. The van der Waals surface area contributed by atoms with Gasteiger partial charge in [-0.1, -0.05) is 35.9 Å². The van der Waals surface area contributed by atoms with Crippen molar-refractivity contribution in [2.24, 2.45) is 0 Å². The van der Waals surface area contributed by atoms with E-state index in [2.05, 4.69) is 0 Å². The second-order valence-corrected chi connectivity index (χ2v) is 11.1. The lowest BCUT2D eigenvalue weighted by Gasteiger charge is -2.36. The summed E-state index contributed by atoms with van der Waals surface area (Å²) in [6.07, 6.45) is -2.31. The Morgan fingerprint density at radius 2 is 1.85 bits per heavy atom. The quantitative estimate of drug-likeness (QED) is 0.231. The number of carboxylic acid groups (broad SMARTS) is 1. The fourth-order valence-corrected chi connectivity index (χ4v) is 5.87. The molecule has 1 atom stereocenters. The summed E-state index contributed by atoms with van der Waals surface area (Å²) in [5, 5.41) is 9.11. The molecule has 0 bridgehead atoms. The summed E-state index contributed by atoms with van der Waals surface area (Å²) in [6, 6.07) is 12.2. The van der Waals surface area contributed by atoms with Gasteiger partial charge in [-0.2, -0.15) is 13.2 Å². The Morgan fingerprint density at radius 1 is 1.10 bits per heavy atom. The number of nitrogens with zero attached hydrogens (tertiary/aromatic N) is 1. The van der Waals surface area contributed by atoms with Gasteiger partial charge in [0, 0.05) is 12.0 Å². The zero-order valence-corrected chi connectivity index (χ0v) is 21.7. The predicted molar refractivity (Wildman–Crippen MR) is 139 cm³/mol. The molecule has 4 rings (SSSR count). The molecule has 6 nitrogen and oxygen atoms in total. The minimum atomic E-state index is -4.75. The molecular formula is C27H22ClF4NO5S. The summed E-state index contributed by atoms with van der Waals surface area (Å²) in [4.78, 5) is 10.4. The van der Waals surface area contributed by atoms with E-state index in [9.17, 15) is 30.8 Å². The van der Waals surface area contributed by atoms with Crippen LogP contribution in [0.2, 0.25) is 5.02 Å². The SMILES string of the molecule is O=C(O)CCC[C@H]1CN(S(=O)(=O)c2cccc(C(F)(F)F)c2)c2cc(/C=C/c3c(F)cccc3Cl)ccc2O1. The molecule has 206 valence electrons. The van der Waals surface area contributed by atoms with Crippen molar-refractivity contribution in [1.29, 1.82) is 0 Å². The van der Waals surface area contributed by atoms with Gasteiger partial charge in [-0.3, -0.25) is 9.10 Å². The van der Waals surface area contributed by atoms with Gasteiger partial charge in [-0.05, 0) is 66.9 Å². The number of sulfonamides is 1. The molecule has 0 fully saturated rings.